The van der Waals surface area contributed by atoms with Gasteiger partial charge in [0.05, 0.1) is 11.2 Å². The van der Waals surface area contributed by atoms with Crippen LogP contribution in [0.25, 0.3) is 5.52 Å². The summed E-state index contributed by atoms with van der Waals surface area (Å²) in [6.45, 7) is 1.86. The summed E-state index contributed by atoms with van der Waals surface area (Å²) in [7, 11) is 0. The number of terminal acetylenes is 1. The Morgan fingerprint density at radius 1 is 1.39 bits per heavy atom. The van der Waals surface area contributed by atoms with Crippen LogP contribution in [-0.2, 0) is 6.42 Å². The van der Waals surface area contributed by atoms with Gasteiger partial charge in [-0.15, -0.1) is 6.42 Å². The van der Waals surface area contributed by atoms with Crippen LogP contribution in [0.3, 0.4) is 0 Å². The van der Waals surface area contributed by atoms with E-state index < -0.39 is 0 Å². The van der Waals surface area contributed by atoms with Crippen molar-refractivity contribution >= 4 is 11.3 Å². The lowest BCUT2D eigenvalue weighted by atomic mass is 9.94. The number of carbonyl (C=O) groups excluding carboxylic acids is 1. The van der Waals surface area contributed by atoms with Crippen LogP contribution < -0.4 is 0 Å². The first-order chi connectivity index (χ1) is 8.63. The molecule has 0 fully saturated rings. The van der Waals surface area contributed by atoms with Crippen molar-refractivity contribution in [3.63, 3.8) is 0 Å². The normalized spacial score (nSPS) is 14.6. The molecule has 0 radical (unpaired) electrons. The standard InChI is InChI=1S/C15H12FNO/c1-3-11-7-10(16)8-13-9(2)15-12(17(11)13)5-4-6-14(15)18/h1,7-8H,4-6H2,2H3. The Morgan fingerprint density at radius 2 is 2.17 bits per heavy atom. The number of halogens is 1. The number of hydrogen-bond acceptors (Lipinski definition) is 1. The van der Waals surface area contributed by atoms with E-state index in [1.165, 1.54) is 12.1 Å². The van der Waals surface area contributed by atoms with Crippen LogP contribution >= 0.6 is 0 Å². The molecule has 18 heavy (non-hydrogen) atoms. The van der Waals surface area contributed by atoms with E-state index in [0.717, 1.165) is 29.7 Å². The second kappa shape index (κ2) is 3.71. The van der Waals surface area contributed by atoms with Crippen LogP contribution in [0.1, 0.15) is 40.2 Å². The minimum absolute atomic E-state index is 0.140. The molecule has 2 aromatic heterocycles. The zero-order valence-corrected chi connectivity index (χ0v) is 10.1. The van der Waals surface area contributed by atoms with Gasteiger partial charge >= 0.3 is 0 Å². The molecular formula is C15H12FNO. The summed E-state index contributed by atoms with van der Waals surface area (Å²) in [5.74, 6) is 2.28. The van der Waals surface area contributed by atoms with Crippen LogP contribution in [0.2, 0.25) is 0 Å². The SMILES string of the molecule is C#Cc1cc(F)cc2c(C)c3c(n12)CCCC3=O. The molecule has 3 heteroatoms. The highest BCUT2D eigenvalue weighted by atomic mass is 19.1. The second-order valence-corrected chi connectivity index (χ2v) is 4.65. The monoisotopic (exact) mass is 241 g/mol. The molecule has 0 amide bonds. The summed E-state index contributed by atoms with van der Waals surface area (Å²) in [6.07, 6.45) is 7.66. The summed E-state index contributed by atoms with van der Waals surface area (Å²) in [4.78, 5) is 12.0. The number of nitrogens with zero attached hydrogens (tertiary/aromatic N) is 1. The topological polar surface area (TPSA) is 21.5 Å². The third-order valence-corrected chi connectivity index (χ3v) is 3.59. The lowest BCUT2D eigenvalue weighted by Gasteiger charge is -2.12. The van der Waals surface area contributed by atoms with Crippen molar-refractivity contribution in [2.45, 2.75) is 26.2 Å². The van der Waals surface area contributed by atoms with Gasteiger partial charge in [0.1, 0.15) is 5.82 Å². The van der Waals surface area contributed by atoms with Gasteiger partial charge in [-0.1, -0.05) is 5.92 Å². The summed E-state index contributed by atoms with van der Waals surface area (Å²) in [5.41, 5.74) is 3.70. The van der Waals surface area contributed by atoms with Crippen molar-refractivity contribution in [3.05, 3.63) is 40.5 Å². The predicted octanol–water partition coefficient (Wildman–Crippen LogP) is 2.89. The summed E-state index contributed by atoms with van der Waals surface area (Å²) < 4.78 is 15.4. The van der Waals surface area contributed by atoms with E-state index in [-0.39, 0.29) is 11.6 Å². The first-order valence-corrected chi connectivity index (χ1v) is 5.96. The van der Waals surface area contributed by atoms with Crippen LogP contribution in [0, 0.1) is 25.1 Å². The van der Waals surface area contributed by atoms with Gasteiger partial charge in [0.15, 0.2) is 5.78 Å². The van der Waals surface area contributed by atoms with Crippen LogP contribution in [0.4, 0.5) is 4.39 Å². The van der Waals surface area contributed by atoms with Gasteiger partial charge in [-0.2, -0.15) is 0 Å². The molecular weight excluding hydrogens is 229 g/mol. The number of hydrogen-bond donors (Lipinski definition) is 0. The maximum Gasteiger partial charge on any atom is 0.165 e. The lowest BCUT2D eigenvalue weighted by Crippen LogP contribution is -2.12. The fraction of sp³-hybridized carbons (Fsp3) is 0.267. The van der Waals surface area contributed by atoms with Crippen molar-refractivity contribution in [1.82, 2.24) is 4.40 Å². The molecule has 0 aliphatic heterocycles. The minimum atomic E-state index is -0.360. The summed E-state index contributed by atoms with van der Waals surface area (Å²) >= 11 is 0. The van der Waals surface area contributed by atoms with Crippen molar-refractivity contribution in [3.8, 4) is 12.3 Å². The Balaban J connectivity index is 2.51. The molecule has 0 spiro atoms. The molecule has 0 aromatic carbocycles. The maximum absolute atomic E-state index is 13.5. The van der Waals surface area contributed by atoms with E-state index in [1.54, 1.807) is 0 Å². The van der Waals surface area contributed by atoms with Crippen LogP contribution in [-0.4, -0.2) is 10.2 Å². The zero-order chi connectivity index (χ0) is 12.9. The van der Waals surface area contributed by atoms with Crippen LogP contribution in [0.5, 0.6) is 0 Å². The van der Waals surface area contributed by atoms with Crippen molar-refractivity contribution in [2.24, 2.45) is 0 Å². The molecule has 2 heterocycles. The number of fused-ring (bicyclic) bond motifs is 3. The van der Waals surface area contributed by atoms with Gasteiger partial charge in [0.2, 0.25) is 0 Å². The predicted molar refractivity (Wildman–Crippen MR) is 67.3 cm³/mol. The molecule has 0 saturated heterocycles. The Morgan fingerprint density at radius 3 is 2.89 bits per heavy atom. The Bertz CT molecular complexity index is 718. The number of aryl methyl sites for hydroxylation is 2. The van der Waals surface area contributed by atoms with E-state index in [1.807, 2.05) is 11.3 Å². The highest BCUT2D eigenvalue weighted by Gasteiger charge is 2.25. The fourth-order valence-electron chi connectivity index (χ4n) is 2.84. The first-order valence-electron chi connectivity index (χ1n) is 5.96. The lowest BCUT2D eigenvalue weighted by molar-refractivity contribution is 0.0971. The fourth-order valence-corrected chi connectivity index (χ4v) is 2.84. The molecule has 0 bridgehead atoms. The van der Waals surface area contributed by atoms with E-state index in [9.17, 15) is 9.18 Å². The van der Waals surface area contributed by atoms with Gasteiger partial charge in [0.25, 0.3) is 0 Å². The number of aromatic nitrogens is 1. The highest BCUT2D eigenvalue weighted by molar-refractivity contribution is 6.02. The third-order valence-electron chi connectivity index (χ3n) is 3.59. The van der Waals surface area contributed by atoms with E-state index >= 15 is 0 Å². The van der Waals surface area contributed by atoms with Gasteiger partial charge in [0, 0.05) is 23.7 Å². The summed E-state index contributed by atoms with van der Waals surface area (Å²) in [5, 5.41) is 0. The number of ketones is 1. The number of pyridine rings is 1. The van der Waals surface area contributed by atoms with Gasteiger partial charge in [-0.25, -0.2) is 4.39 Å². The molecule has 2 nitrogen and oxygen atoms in total. The number of Topliss-reactive ketones (excluding diaryl/α,β-unsaturated/α-hetero) is 1. The molecule has 1 aliphatic rings. The van der Waals surface area contributed by atoms with E-state index in [4.69, 9.17) is 6.42 Å². The Hall–Kier alpha value is -2.08. The summed E-state index contributed by atoms with van der Waals surface area (Å²) in [6, 6.07) is 2.79. The molecule has 90 valence electrons. The van der Waals surface area contributed by atoms with E-state index in [2.05, 4.69) is 5.92 Å². The molecule has 0 N–H and O–H groups in total. The molecule has 0 saturated carbocycles. The zero-order valence-electron chi connectivity index (χ0n) is 10.1. The van der Waals surface area contributed by atoms with Gasteiger partial charge in [-0.05, 0) is 31.4 Å². The number of rotatable bonds is 0. The third kappa shape index (κ3) is 1.32. The van der Waals surface area contributed by atoms with Crippen molar-refractivity contribution in [2.75, 3.05) is 0 Å². The average molecular weight is 241 g/mol. The van der Waals surface area contributed by atoms with Gasteiger partial charge < -0.3 is 4.40 Å². The highest BCUT2D eigenvalue weighted by Crippen LogP contribution is 2.31. The quantitative estimate of drug-likeness (QED) is 0.650. The van der Waals surface area contributed by atoms with Crippen molar-refractivity contribution < 1.29 is 9.18 Å². The largest absolute Gasteiger partial charge is 0.306 e. The van der Waals surface area contributed by atoms with E-state index in [0.29, 0.717) is 17.6 Å². The van der Waals surface area contributed by atoms with Gasteiger partial charge in [-0.3, -0.25) is 4.79 Å². The average Bonchev–Trinajstić information content (AvgIpc) is 2.63. The minimum Gasteiger partial charge on any atom is -0.306 e. The molecule has 3 rings (SSSR count). The smallest absolute Gasteiger partial charge is 0.165 e. The Kier molecular flexibility index (Phi) is 2.27. The Labute approximate surface area is 104 Å². The second-order valence-electron chi connectivity index (χ2n) is 4.65. The molecule has 1 aliphatic carbocycles. The molecule has 0 unspecified atom stereocenters. The van der Waals surface area contributed by atoms with Crippen molar-refractivity contribution in [1.29, 1.82) is 0 Å². The number of carbonyl (C=O) groups is 1. The molecule has 0 atom stereocenters. The van der Waals surface area contributed by atoms with Crippen LogP contribution in [0.15, 0.2) is 12.1 Å². The maximum atomic E-state index is 13.5. The first kappa shape index (κ1) is 11.0. The molecule has 2 aromatic rings.